The Kier molecular flexibility index (Phi) is 4.48. The molecule has 0 aliphatic carbocycles. The van der Waals surface area contributed by atoms with Gasteiger partial charge >= 0.3 is 0 Å². The molecule has 0 aromatic carbocycles. The summed E-state index contributed by atoms with van der Waals surface area (Å²) in [7, 11) is 0. The molecule has 0 bridgehead atoms. The van der Waals surface area contributed by atoms with E-state index in [4.69, 9.17) is 5.11 Å². The Bertz CT molecular complexity index is 392. The minimum atomic E-state index is 0.132. The quantitative estimate of drug-likeness (QED) is 0.907. The number of aliphatic hydroxyl groups is 1. The van der Waals surface area contributed by atoms with Crippen molar-refractivity contribution in [2.24, 2.45) is 0 Å². The van der Waals surface area contributed by atoms with Crippen LogP contribution in [0.25, 0.3) is 0 Å². The lowest BCUT2D eigenvalue weighted by atomic mass is 10.1. The molecule has 3 nitrogen and oxygen atoms in total. The average molecular weight is 271 g/mol. The van der Waals surface area contributed by atoms with Gasteiger partial charge in [0.2, 0.25) is 5.91 Å². The lowest BCUT2D eigenvalue weighted by Crippen LogP contribution is -2.36. The zero-order chi connectivity index (χ0) is 12.3. The molecule has 0 saturated heterocycles. The summed E-state index contributed by atoms with van der Waals surface area (Å²) in [6.45, 7) is 3.66. The Labute approximate surface area is 110 Å². The summed E-state index contributed by atoms with van der Waals surface area (Å²) in [5, 5.41) is 11.2. The predicted octanol–water partition coefficient (Wildman–Crippen LogP) is 1.75. The highest BCUT2D eigenvalue weighted by Crippen LogP contribution is 2.24. The van der Waals surface area contributed by atoms with Crippen LogP contribution in [-0.2, 0) is 17.8 Å². The molecule has 2 rings (SSSR count). The molecule has 1 N–H and O–H groups in total. The normalized spacial score (nSPS) is 16.7. The van der Waals surface area contributed by atoms with Crippen molar-refractivity contribution in [1.82, 2.24) is 4.90 Å². The van der Waals surface area contributed by atoms with Gasteiger partial charge < -0.3 is 10.0 Å². The fourth-order valence-corrected chi connectivity index (χ4v) is 3.42. The van der Waals surface area contributed by atoms with Crippen molar-refractivity contribution in [3.05, 3.63) is 21.9 Å². The van der Waals surface area contributed by atoms with Gasteiger partial charge in [-0.3, -0.25) is 4.79 Å². The van der Waals surface area contributed by atoms with Crippen molar-refractivity contribution in [3.8, 4) is 0 Å². The van der Waals surface area contributed by atoms with Gasteiger partial charge in [0, 0.05) is 23.2 Å². The summed E-state index contributed by atoms with van der Waals surface area (Å²) < 4.78 is 0. The zero-order valence-electron chi connectivity index (χ0n) is 9.89. The van der Waals surface area contributed by atoms with E-state index >= 15 is 0 Å². The van der Waals surface area contributed by atoms with Crippen molar-refractivity contribution < 1.29 is 9.90 Å². The molecule has 1 aliphatic rings. The first-order valence-electron chi connectivity index (χ1n) is 5.76. The molecule has 5 heteroatoms. The number of nitrogens with zero attached hydrogens (tertiary/aromatic N) is 1. The van der Waals surface area contributed by atoms with Gasteiger partial charge in [0.15, 0.2) is 0 Å². The summed E-state index contributed by atoms with van der Waals surface area (Å²) in [5.41, 5.74) is 1.30. The third-order valence-corrected chi connectivity index (χ3v) is 5.06. The number of aliphatic hydroxyl groups excluding tert-OH is 1. The number of fused-ring (bicyclic) bond motifs is 1. The highest BCUT2D eigenvalue weighted by Gasteiger charge is 2.21. The summed E-state index contributed by atoms with van der Waals surface area (Å²) in [4.78, 5) is 15.3. The van der Waals surface area contributed by atoms with Crippen LogP contribution in [-0.4, -0.2) is 40.1 Å². The van der Waals surface area contributed by atoms with Crippen LogP contribution in [0.2, 0.25) is 0 Å². The van der Waals surface area contributed by atoms with Gasteiger partial charge in [0.05, 0.1) is 12.4 Å². The van der Waals surface area contributed by atoms with Gasteiger partial charge in [-0.05, 0) is 23.4 Å². The van der Waals surface area contributed by atoms with Gasteiger partial charge in [0.25, 0.3) is 0 Å². The number of thiophene rings is 1. The molecular formula is C12H17NO2S2. The number of hydrogen-bond acceptors (Lipinski definition) is 4. The van der Waals surface area contributed by atoms with Crippen molar-refractivity contribution in [1.29, 1.82) is 0 Å². The van der Waals surface area contributed by atoms with E-state index in [2.05, 4.69) is 11.4 Å². The maximum absolute atomic E-state index is 12.0. The summed E-state index contributed by atoms with van der Waals surface area (Å²) in [6.07, 6.45) is 0.985. The molecule has 94 valence electrons. The monoisotopic (exact) mass is 271 g/mol. The van der Waals surface area contributed by atoms with E-state index in [9.17, 15) is 4.79 Å². The first kappa shape index (κ1) is 12.9. The minimum absolute atomic E-state index is 0.132. The number of carbonyl (C=O) groups is 1. The second kappa shape index (κ2) is 5.89. The Morgan fingerprint density at radius 3 is 3.29 bits per heavy atom. The molecule has 1 amide bonds. The Hall–Kier alpha value is -0.520. The molecule has 0 saturated carbocycles. The van der Waals surface area contributed by atoms with Crippen LogP contribution in [0.3, 0.4) is 0 Å². The molecule has 1 unspecified atom stereocenters. The molecule has 0 radical (unpaired) electrons. The minimum Gasteiger partial charge on any atom is -0.395 e. The Morgan fingerprint density at radius 2 is 2.53 bits per heavy atom. The van der Waals surface area contributed by atoms with E-state index in [1.165, 1.54) is 22.2 Å². The van der Waals surface area contributed by atoms with Crippen molar-refractivity contribution in [2.75, 3.05) is 18.9 Å². The third-order valence-electron chi connectivity index (χ3n) is 2.91. The van der Waals surface area contributed by atoms with Gasteiger partial charge in [0.1, 0.15) is 0 Å². The summed E-state index contributed by atoms with van der Waals surface area (Å²) >= 11 is 3.31. The molecule has 0 spiro atoms. The SMILES string of the molecule is CC(CO)SCC(=O)N1CCc2sccc2C1. The van der Waals surface area contributed by atoms with Gasteiger partial charge in [-0.1, -0.05) is 6.92 Å². The van der Waals surface area contributed by atoms with Crippen LogP contribution >= 0.6 is 23.1 Å². The number of hydrogen-bond donors (Lipinski definition) is 1. The number of thioether (sulfide) groups is 1. The van der Waals surface area contributed by atoms with Crippen molar-refractivity contribution in [2.45, 2.75) is 25.1 Å². The van der Waals surface area contributed by atoms with E-state index in [1.807, 2.05) is 11.8 Å². The molecule has 1 aromatic heterocycles. The fourth-order valence-electron chi connectivity index (χ4n) is 1.82. The van der Waals surface area contributed by atoms with Crippen molar-refractivity contribution in [3.63, 3.8) is 0 Å². The first-order chi connectivity index (χ1) is 8.20. The standard InChI is InChI=1S/C12H17NO2S2/c1-9(7-14)17-8-12(15)13-4-2-11-10(6-13)3-5-16-11/h3,5,9,14H,2,4,6-8H2,1H3. The van der Waals surface area contributed by atoms with E-state index in [1.54, 1.807) is 11.3 Å². The maximum atomic E-state index is 12.0. The largest absolute Gasteiger partial charge is 0.395 e. The van der Waals surface area contributed by atoms with E-state index in [-0.39, 0.29) is 17.8 Å². The van der Waals surface area contributed by atoms with Crippen LogP contribution in [0.15, 0.2) is 11.4 Å². The Balaban J connectivity index is 1.86. The smallest absolute Gasteiger partial charge is 0.232 e. The number of amides is 1. The van der Waals surface area contributed by atoms with Gasteiger partial charge in [-0.15, -0.1) is 23.1 Å². The predicted molar refractivity (Wildman–Crippen MR) is 72.4 cm³/mol. The van der Waals surface area contributed by atoms with E-state index < -0.39 is 0 Å². The number of carbonyl (C=O) groups excluding carboxylic acids is 1. The molecule has 17 heavy (non-hydrogen) atoms. The molecule has 2 heterocycles. The molecule has 1 aromatic rings. The lowest BCUT2D eigenvalue weighted by molar-refractivity contribution is -0.129. The van der Waals surface area contributed by atoms with Crippen LogP contribution in [0.4, 0.5) is 0 Å². The second-order valence-corrected chi connectivity index (χ2v) is 6.67. The van der Waals surface area contributed by atoms with E-state index in [0.717, 1.165) is 19.5 Å². The van der Waals surface area contributed by atoms with Gasteiger partial charge in [-0.2, -0.15) is 0 Å². The first-order valence-corrected chi connectivity index (χ1v) is 7.69. The maximum Gasteiger partial charge on any atom is 0.232 e. The third kappa shape index (κ3) is 3.24. The summed E-state index contributed by atoms with van der Waals surface area (Å²) in [6, 6.07) is 2.11. The average Bonchev–Trinajstić information content (AvgIpc) is 2.82. The van der Waals surface area contributed by atoms with Crippen LogP contribution < -0.4 is 0 Å². The molecule has 1 aliphatic heterocycles. The van der Waals surface area contributed by atoms with Crippen molar-refractivity contribution >= 4 is 29.0 Å². The number of rotatable bonds is 4. The van der Waals surface area contributed by atoms with Gasteiger partial charge in [-0.25, -0.2) is 0 Å². The van der Waals surface area contributed by atoms with E-state index in [0.29, 0.717) is 5.75 Å². The Morgan fingerprint density at radius 1 is 1.71 bits per heavy atom. The molecule has 1 atom stereocenters. The molecular weight excluding hydrogens is 254 g/mol. The second-order valence-electron chi connectivity index (χ2n) is 4.24. The highest BCUT2D eigenvalue weighted by atomic mass is 32.2. The zero-order valence-corrected chi connectivity index (χ0v) is 11.5. The molecule has 0 fully saturated rings. The van der Waals surface area contributed by atoms with Crippen LogP contribution in [0, 0.1) is 0 Å². The fraction of sp³-hybridized carbons (Fsp3) is 0.583. The van der Waals surface area contributed by atoms with Crippen LogP contribution in [0.1, 0.15) is 17.4 Å². The topological polar surface area (TPSA) is 40.5 Å². The highest BCUT2D eigenvalue weighted by molar-refractivity contribution is 8.00. The lowest BCUT2D eigenvalue weighted by Gasteiger charge is -2.27. The van der Waals surface area contributed by atoms with Crippen LogP contribution in [0.5, 0.6) is 0 Å². The summed E-state index contributed by atoms with van der Waals surface area (Å²) in [5.74, 6) is 0.661.